The monoisotopic (exact) mass is 405 g/mol. The van der Waals surface area contributed by atoms with Crippen molar-refractivity contribution < 1.29 is 4.79 Å². The van der Waals surface area contributed by atoms with Crippen LogP contribution in [0, 0.1) is 11.3 Å². The molecule has 0 aliphatic carbocycles. The zero-order valence-electron chi connectivity index (χ0n) is 15.2. The number of amides is 2. The van der Waals surface area contributed by atoms with Gasteiger partial charge >= 0.3 is 6.03 Å². The second-order valence-corrected chi connectivity index (χ2v) is 6.74. The third kappa shape index (κ3) is 3.63. The highest BCUT2D eigenvalue weighted by molar-refractivity contribution is 6.30. The number of aromatic nitrogens is 3. The molecule has 2 aromatic carbocycles. The number of rotatable bonds is 4. The minimum absolute atomic E-state index is 0.273. The summed E-state index contributed by atoms with van der Waals surface area (Å²) in [6.45, 7) is 0.611. The van der Waals surface area contributed by atoms with Crippen LogP contribution >= 0.6 is 11.6 Å². The highest BCUT2D eigenvalue weighted by atomic mass is 35.5. The van der Waals surface area contributed by atoms with Gasteiger partial charge in [0, 0.05) is 23.8 Å². The molecule has 0 saturated heterocycles. The molecule has 0 aliphatic rings. The molecule has 8 nitrogen and oxygen atoms in total. The lowest BCUT2D eigenvalue weighted by Crippen LogP contribution is -2.31. The summed E-state index contributed by atoms with van der Waals surface area (Å²) in [7, 11) is 0. The predicted octanol–water partition coefficient (Wildman–Crippen LogP) is 3.51. The number of anilines is 2. The van der Waals surface area contributed by atoms with Gasteiger partial charge in [0.1, 0.15) is 23.0 Å². The van der Waals surface area contributed by atoms with Crippen molar-refractivity contribution in [1.29, 1.82) is 5.26 Å². The summed E-state index contributed by atoms with van der Waals surface area (Å²) in [4.78, 5) is 21.3. The standard InChI is InChI=1S/C20H16ClN7O/c21-12-4-3-5-13(10-12)25-20(29)24-8-9-28-18(23)14(11-22)17-19(28)27-16-7-2-1-6-15(16)26-17/h1-7,10H,8-9,23H2,(H2,24,25,29). The summed E-state index contributed by atoms with van der Waals surface area (Å²) in [5, 5.41) is 15.5. The molecule has 9 heteroatoms. The van der Waals surface area contributed by atoms with Gasteiger partial charge in [-0.2, -0.15) is 5.26 Å². The van der Waals surface area contributed by atoms with E-state index in [0.717, 1.165) is 0 Å². The average molecular weight is 406 g/mol. The van der Waals surface area contributed by atoms with Gasteiger partial charge in [-0.3, -0.25) is 0 Å². The Balaban J connectivity index is 1.54. The molecule has 0 bridgehead atoms. The Hall–Kier alpha value is -3.83. The van der Waals surface area contributed by atoms with Gasteiger partial charge in [-0.15, -0.1) is 0 Å². The molecule has 4 aromatic rings. The quantitative estimate of drug-likeness (QED) is 0.479. The Morgan fingerprint density at radius 1 is 1.17 bits per heavy atom. The van der Waals surface area contributed by atoms with E-state index in [1.807, 2.05) is 24.3 Å². The Bertz CT molecular complexity index is 1280. The van der Waals surface area contributed by atoms with Gasteiger partial charge in [-0.1, -0.05) is 29.8 Å². The molecule has 2 aromatic heterocycles. The summed E-state index contributed by atoms with van der Waals surface area (Å²) in [6.07, 6.45) is 0. The Kier molecular flexibility index (Phi) is 4.89. The van der Waals surface area contributed by atoms with E-state index in [-0.39, 0.29) is 24.0 Å². The molecule has 0 radical (unpaired) electrons. The number of nitriles is 1. The number of para-hydroxylation sites is 2. The lowest BCUT2D eigenvalue weighted by atomic mass is 10.2. The average Bonchev–Trinajstić information content (AvgIpc) is 2.96. The minimum Gasteiger partial charge on any atom is -0.384 e. The van der Waals surface area contributed by atoms with Crippen LogP contribution in [0.15, 0.2) is 48.5 Å². The molecular weight excluding hydrogens is 390 g/mol. The van der Waals surface area contributed by atoms with Crippen molar-refractivity contribution in [3.8, 4) is 6.07 Å². The van der Waals surface area contributed by atoms with E-state index in [1.54, 1.807) is 28.8 Å². The van der Waals surface area contributed by atoms with Crippen LogP contribution in [0.2, 0.25) is 5.02 Å². The Morgan fingerprint density at radius 2 is 1.93 bits per heavy atom. The maximum atomic E-state index is 12.1. The molecule has 0 saturated carbocycles. The number of benzene rings is 2. The molecule has 0 spiro atoms. The number of hydrogen-bond donors (Lipinski definition) is 3. The largest absolute Gasteiger partial charge is 0.384 e. The first-order valence-corrected chi connectivity index (χ1v) is 9.19. The van der Waals surface area contributed by atoms with Crippen LogP contribution in [0.5, 0.6) is 0 Å². The number of hydrogen-bond acceptors (Lipinski definition) is 5. The van der Waals surface area contributed by atoms with Crippen molar-refractivity contribution in [3.63, 3.8) is 0 Å². The molecule has 2 heterocycles. The van der Waals surface area contributed by atoms with Gasteiger partial charge in [-0.25, -0.2) is 14.8 Å². The van der Waals surface area contributed by atoms with E-state index in [2.05, 4.69) is 26.7 Å². The topological polar surface area (TPSA) is 122 Å². The molecule has 0 unspecified atom stereocenters. The summed E-state index contributed by atoms with van der Waals surface area (Å²) >= 11 is 5.91. The van der Waals surface area contributed by atoms with Crippen molar-refractivity contribution in [3.05, 3.63) is 59.1 Å². The van der Waals surface area contributed by atoms with Crippen molar-refractivity contribution in [2.75, 3.05) is 17.6 Å². The van der Waals surface area contributed by atoms with E-state index in [4.69, 9.17) is 17.3 Å². The molecule has 4 rings (SSSR count). The number of nitrogens with two attached hydrogens (primary N) is 1. The highest BCUT2D eigenvalue weighted by Crippen LogP contribution is 2.26. The fraction of sp³-hybridized carbons (Fsp3) is 0.100. The van der Waals surface area contributed by atoms with Crippen LogP contribution < -0.4 is 16.4 Å². The first-order chi connectivity index (χ1) is 14.1. The molecule has 0 fully saturated rings. The van der Waals surface area contributed by atoms with E-state index < -0.39 is 0 Å². The predicted molar refractivity (Wildman–Crippen MR) is 113 cm³/mol. The van der Waals surface area contributed by atoms with Crippen LogP contribution in [0.4, 0.5) is 16.3 Å². The number of nitrogens with zero attached hydrogens (tertiary/aromatic N) is 4. The van der Waals surface area contributed by atoms with Crippen LogP contribution in [-0.4, -0.2) is 27.1 Å². The number of urea groups is 1. The highest BCUT2D eigenvalue weighted by Gasteiger charge is 2.18. The van der Waals surface area contributed by atoms with Crippen LogP contribution in [0.1, 0.15) is 5.56 Å². The van der Waals surface area contributed by atoms with Crippen molar-refractivity contribution in [1.82, 2.24) is 19.9 Å². The number of fused-ring (bicyclic) bond motifs is 2. The summed E-state index contributed by atoms with van der Waals surface area (Å²) in [5.74, 6) is 0.273. The SMILES string of the molecule is N#Cc1c(N)n(CCNC(=O)Nc2cccc(Cl)c2)c2nc3ccccc3nc12. The normalized spacial score (nSPS) is 10.8. The fourth-order valence-corrected chi connectivity index (χ4v) is 3.27. The van der Waals surface area contributed by atoms with Gasteiger partial charge in [0.25, 0.3) is 0 Å². The van der Waals surface area contributed by atoms with E-state index >= 15 is 0 Å². The van der Waals surface area contributed by atoms with Gasteiger partial charge in [0.15, 0.2) is 5.65 Å². The maximum Gasteiger partial charge on any atom is 0.319 e. The van der Waals surface area contributed by atoms with E-state index in [9.17, 15) is 10.1 Å². The van der Waals surface area contributed by atoms with Gasteiger partial charge < -0.3 is 20.9 Å². The lowest BCUT2D eigenvalue weighted by Gasteiger charge is -2.10. The van der Waals surface area contributed by atoms with Crippen LogP contribution in [-0.2, 0) is 6.54 Å². The zero-order valence-corrected chi connectivity index (χ0v) is 15.9. The fourth-order valence-electron chi connectivity index (χ4n) is 3.08. The van der Waals surface area contributed by atoms with Crippen molar-refractivity contribution in [2.24, 2.45) is 0 Å². The van der Waals surface area contributed by atoms with Crippen LogP contribution in [0.3, 0.4) is 0 Å². The number of nitrogens with one attached hydrogen (secondary N) is 2. The van der Waals surface area contributed by atoms with Crippen molar-refractivity contribution in [2.45, 2.75) is 6.54 Å². The molecular formula is C20H16ClN7O. The van der Waals surface area contributed by atoms with Gasteiger partial charge in [-0.05, 0) is 30.3 Å². The summed E-state index contributed by atoms with van der Waals surface area (Å²) in [5.41, 5.74) is 9.38. The smallest absolute Gasteiger partial charge is 0.319 e. The molecule has 0 atom stereocenters. The molecule has 4 N–H and O–H groups in total. The maximum absolute atomic E-state index is 12.1. The van der Waals surface area contributed by atoms with Crippen molar-refractivity contribution >= 4 is 51.3 Å². The second-order valence-electron chi connectivity index (χ2n) is 6.30. The third-order valence-corrected chi connectivity index (χ3v) is 4.64. The lowest BCUT2D eigenvalue weighted by molar-refractivity contribution is 0.251. The van der Waals surface area contributed by atoms with Crippen LogP contribution in [0.25, 0.3) is 22.2 Å². The number of nitrogen functional groups attached to an aromatic ring is 1. The second kappa shape index (κ2) is 7.66. The van der Waals surface area contributed by atoms with Gasteiger partial charge in [0.2, 0.25) is 0 Å². The van der Waals surface area contributed by atoms with E-state index in [0.29, 0.717) is 39.5 Å². The Morgan fingerprint density at radius 3 is 2.66 bits per heavy atom. The molecule has 29 heavy (non-hydrogen) atoms. The molecule has 0 aliphatic heterocycles. The number of carbonyl (C=O) groups excluding carboxylic acids is 1. The third-order valence-electron chi connectivity index (χ3n) is 4.41. The first kappa shape index (κ1) is 18.5. The summed E-state index contributed by atoms with van der Waals surface area (Å²) < 4.78 is 1.69. The zero-order chi connectivity index (χ0) is 20.4. The van der Waals surface area contributed by atoms with Gasteiger partial charge in [0.05, 0.1) is 11.0 Å². The minimum atomic E-state index is -0.376. The number of halogens is 1. The Labute approximate surface area is 170 Å². The molecule has 2 amide bonds. The first-order valence-electron chi connectivity index (χ1n) is 8.82. The van der Waals surface area contributed by atoms with E-state index in [1.165, 1.54) is 0 Å². The number of carbonyl (C=O) groups is 1. The molecule has 144 valence electrons. The summed E-state index contributed by atoms with van der Waals surface area (Å²) in [6, 6.07) is 16.0.